The predicted octanol–water partition coefficient (Wildman–Crippen LogP) is 1.21. The van der Waals surface area contributed by atoms with Gasteiger partial charge in [0.2, 0.25) is 6.33 Å². The minimum atomic E-state index is 0.666. The monoisotopic (exact) mass is 163 g/mol. The van der Waals surface area contributed by atoms with Crippen molar-refractivity contribution in [3.8, 4) is 12.3 Å². The van der Waals surface area contributed by atoms with Crippen LogP contribution in [0.4, 0.5) is 0 Å². The van der Waals surface area contributed by atoms with Gasteiger partial charge in [-0.15, -0.1) is 6.42 Å². The summed E-state index contributed by atoms with van der Waals surface area (Å²) < 4.78 is 4.18. The first kappa shape index (κ1) is 8.86. The van der Waals surface area contributed by atoms with Gasteiger partial charge in [-0.3, -0.25) is 0 Å². The van der Waals surface area contributed by atoms with Gasteiger partial charge in [-0.1, -0.05) is 19.3 Å². The van der Waals surface area contributed by atoms with E-state index in [1.54, 1.807) is 0 Å². The van der Waals surface area contributed by atoms with Crippen LogP contribution in [0.2, 0.25) is 0 Å². The van der Waals surface area contributed by atoms with Crippen molar-refractivity contribution in [2.75, 3.05) is 0 Å². The zero-order valence-corrected chi connectivity index (χ0v) is 7.53. The zero-order valence-electron chi connectivity index (χ0n) is 7.53. The van der Waals surface area contributed by atoms with Crippen LogP contribution in [0.5, 0.6) is 0 Å². The van der Waals surface area contributed by atoms with Crippen LogP contribution in [0.25, 0.3) is 0 Å². The highest BCUT2D eigenvalue weighted by atomic mass is 15.1. The lowest BCUT2D eigenvalue weighted by Gasteiger charge is -1.91. The van der Waals surface area contributed by atoms with Crippen LogP contribution < -0.4 is 4.57 Å². The molecule has 0 amide bonds. The summed E-state index contributed by atoms with van der Waals surface area (Å²) in [5, 5.41) is 0. The smallest absolute Gasteiger partial charge is 0.237 e. The third-order valence-corrected chi connectivity index (χ3v) is 1.79. The Balaban J connectivity index is 2.48. The zero-order chi connectivity index (χ0) is 8.81. The van der Waals surface area contributed by atoms with Crippen molar-refractivity contribution in [2.24, 2.45) is 0 Å². The molecule has 0 aromatic carbocycles. The van der Waals surface area contributed by atoms with E-state index in [0.717, 1.165) is 6.54 Å². The second-order valence-electron chi connectivity index (χ2n) is 2.88. The third kappa shape index (κ3) is 2.43. The molecule has 0 aliphatic rings. The lowest BCUT2D eigenvalue weighted by molar-refractivity contribution is -0.696. The van der Waals surface area contributed by atoms with E-state index in [0.29, 0.717) is 6.54 Å². The highest BCUT2D eigenvalue weighted by molar-refractivity contribution is 4.85. The Morgan fingerprint density at radius 1 is 1.58 bits per heavy atom. The topological polar surface area (TPSA) is 8.81 Å². The average Bonchev–Trinajstić information content (AvgIpc) is 2.50. The maximum Gasteiger partial charge on any atom is 0.244 e. The summed E-state index contributed by atoms with van der Waals surface area (Å²) in [6.07, 6.45) is 13.8. The number of aromatic nitrogens is 2. The minimum Gasteiger partial charge on any atom is -0.237 e. The molecule has 0 N–H and O–H groups in total. The number of rotatable bonds is 4. The minimum absolute atomic E-state index is 0.666. The van der Waals surface area contributed by atoms with Gasteiger partial charge >= 0.3 is 0 Å². The third-order valence-electron chi connectivity index (χ3n) is 1.79. The van der Waals surface area contributed by atoms with Gasteiger partial charge in [-0.05, 0) is 6.42 Å². The van der Waals surface area contributed by atoms with Gasteiger partial charge in [0, 0.05) is 0 Å². The summed E-state index contributed by atoms with van der Waals surface area (Å²) in [5.41, 5.74) is 0. The van der Waals surface area contributed by atoms with Gasteiger partial charge in [0.15, 0.2) is 6.54 Å². The lowest BCUT2D eigenvalue weighted by atomic mass is 10.3. The maximum absolute atomic E-state index is 5.19. The van der Waals surface area contributed by atoms with Crippen molar-refractivity contribution in [2.45, 2.75) is 32.9 Å². The lowest BCUT2D eigenvalue weighted by Crippen LogP contribution is -2.30. The van der Waals surface area contributed by atoms with Gasteiger partial charge in [0.1, 0.15) is 12.4 Å². The number of terminal acetylenes is 1. The number of hydrogen-bond acceptors (Lipinski definition) is 0. The van der Waals surface area contributed by atoms with Gasteiger partial charge in [0.25, 0.3) is 0 Å². The van der Waals surface area contributed by atoms with Crippen LogP contribution in [-0.4, -0.2) is 4.57 Å². The molecule has 0 radical (unpaired) electrons. The quantitative estimate of drug-likeness (QED) is 0.466. The molecule has 0 aliphatic heterocycles. The fourth-order valence-corrected chi connectivity index (χ4v) is 1.11. The van der Waals surface area contributed by atoms with Crippen molar-refractivity contribution in [1.29, 1.82) is 0 Å². The highest BCUT2D eigenvalue weighted by Crippen LogP contribution is 1.87. The molecule has 0 unspecified atom stereocenters. The van der Waals surface area contributed by atoms with E-state index in [4.69, 9.17) is 6.42 Å². The van der Waals surface area contributed by atoms with E-state index < -0.39 is 0 Å². The van der Waals surface area contributed by atoms with Crippen LogP contribution >= 0.6 is 0 Å². The average molecular weight is 163 g/mol. The Kier molecular flexibility index (Phi) is 3.40. The molecule has 0 saturated heterocycles. The number of imidazole rings is 1. The van der Waals surface area contributed by atoms with Gasteiger partial charge < -0.3 is 0 Å². The first-order valence-electron chi connectivity index (χ1n) is 4.35. The molecular formula is C10H15N2+. The summed E-state index contributed by atoms with van der Waals surface area (Å²) in [6, 6.07) is 0. The van der Waals surface area contributed by atoms with Crippen molar-refractivity contribution in [3.63, 3.8) is 0 Å². The summed E-state index contributed by atoms with van der Waals surface area (Å²) >= 11 is 0. The Hall–Kier alpha value is -1.23. The van der Waals surface area contributed by atoms with E-state index in [2.05, 4.69) is 29.9 Å². The summed E-state index contributed by atoms with van der Waals surface area (Å²) in [7, 11) is 0. The van der Waals surface area contributed by atoms with E-state index in [9.17, 15) is 0 Å². The molecule has 0 spiro atoms. The molecular weight excluding hydrogens is 148 g/mol. The molecule has 64 valence electrons. The number of aryl methyl sites for hydroxylation is 1. The van der Waals surface area contributed by atoms with Crippen molar-refractivity contribution in [1.82, 2.24) is 4.57 Å². The number of hydrogen-bond donors (Lipinski definition) is 0. The molecule has 2 nitrogen and oxygen atoms in total. The first-order valence-corrected chi connectivity index (χ1v) is 4.35. The Bertz CT molecular complexity index is 268. The van der Waals surface area contributed by atoms with E-state index >= 15 is 0 Å². The van der Waals surface area contributed by atoms with E-state index in [1.807, 2.05) is 10.8 Å². The molecule has 0 bridgehead atoms. The maximum atomic E-state index is 5.19. The molecule has 2 heteroatoms. The van der Waals surface area contributed by atoms with E-state index in [1.165, 1.54) is 12.8 Å². The van der Waals surface area contributed by atoms with Gasteiger partial charge in [0.05, 0.1) is 6.54 Å². The Morgan fingerprint density at radius 3 is 3.08 bits per heavy atom. The van der Waals surface area contributed by atoms with Crippen LogP contribution in [0.1, 0.15) is 19.8 Å². The van der Waals surface area contributed by atoms with Crippen LogP contribution in [0, 0.1) is 12.3 Å². The Labute approximate surface area is 73.8 Å². The van der Waals surface area contributed by atoms with Gasteiger partial charge in [-0.2, -0.15) is 0 Å². The van der Waals surface area contributed by atoms with Crippen LogP contribution in [-0.2, 0) is 13.1 Å². The number of unbranched alkanes of at least 4 members (excludes halogenated alkanes) is 1. The van der Waals surface area contributed by atoms with Crippen LogP contribution in [0.3, 0.4) is 0 Å². The fourth-order valence-electron chi connectivity index (χ4n) is 1.11. The summed E-state index contributed by atoms with van der Waals surface area (Å²) in [6.45, 7) is 3.95. The first-order chi connectivity index (χ1) is 5.86. The molecule has 12 heavy (non-hydrogen) atoms. The second-order valence-corrected chi connectivity index (χ2v) is 2.88. The molecule has 0 saturated carbocycles. The highest BCUT2D eigenvalue weighted by Gasteiger charge is 1.99. The van der Waals surface area contributed by atoms with Crippen LogP contribution in [0.15, 0.2) is 18.7 Å². The molecule has 1 heterocycles. The molecule has 1 rings (SSSR count). The van der Waals surface area contributed by atoms with Crippen molar-refractivity contribution >= 4 is 0 Å². The molecule has 1 aromatic heterocycles. The molecule has 1 aromatic rings. The van der Waals surface area contributed by atoms with Gasteiger partial charge in [-0.25, -0.2) is 9.13 Å². The second kappa shape index (κ2) is 4.61. The van der Waals surface area contributed by atoms with Crippen molar-refractivity contribution in [3.05, 3.63) is 18.7 Å². The molecule has 0 atom stereocenters. The fraction of sp³-hybridized carbons (Fsp3) is 0.500. The summed E-state index contributed by atoms with van der Waals surface area (Å²) in [5.74, 6) is 2.60. The SMILES string of the molecule is C#CCn1cc[n+](CCCC)c1. The standard InChI is InChI=1S/C10H15N2/c1-3-5-7-12-9-8-11(10-12)6-4-2/h2,8-10H,3,5-7H2,1H3/q+1. The Morgan fingerprint density at radius 2 is 2.42 bits per heavy atom. The van der Waals surface area contributed by atoms with Crippen molar-refractivity contribution < 1.29 is 4.57 Å². The summed E-state index contributed by atoms with van der Waals surface area (Å²) in [4.78, 5) is 0. The van der Waals surface area contributed by atoms with E-state index in [-0.39, 0.29) is 0 Å². The number of nitrogens with zero attached hydrogens (tertiary/aromatic N) is 2. The largest absolute Gasteiger partial charge is 0.244 e. The molecule has 0 fully saturated rings. The normalized spacial score (nSPS) is 9.67. The molecule has 0 aliphatic carbocycles. The predicted molar refractivity (Wildman–Crippen MR) is 48.4 cm³/mol.